The molecule has 0 spiro atoms. The lowest BCUT2D eigenvalue weighted by Gasteiger charge is -2.31. The van der Waals surface area contributed by atoms with Gasteiger partial charge in [-0.2, -0.15) is 5.26 Å². The molecule has 33 heavy (non-hydrogen) atoms. The SMILES string of the molecule is N#CC1(NC(=O)COC(=O)c2ccccc2SCC(=O)Nc2ccc(F)cc2)CCCCC1. The Morgan fingerprint density at radius 1 is 1.03 bits per heavy atom. The molecule has 1 aliphatic carbocycles. The highest BCUT2D eigenvalue weighted by Crippen LogP contribution is 2.27. The second kappa shape index (κ2) is 11.5. The van der Waals surface area contributed by atoms with Crippen molar-refractivity contribution >= 4 is 35.2 Å². The molecule has 7 nitrogen and oxygen atoms in total. The topological polar surface area (TPSA) is 108 Å². The van der Waals surface area contributed by atoms with Crippen molar-refractivity contribution in [2.75, 3.05) is 17.7 Å². The van der Waals surface area contributed by atoms with Gasteiger partial charge in [-0.3, -0.25) is 9.59 Å². The van der Waals surface area contributed by atoms with Crippen LogP contribution >= 0.6 is 11.8 Å². The van der Waals surface area contributed by atoms with Crippen LogP contribution in [0.25, 0.3) is 0 Å². The van der Waals surface area contributed by atoms with Crippen molar-refractivity contribution in [2.24, 2.45) is 0 Å². The van der Waals surface area contributed by atoms with Gasteiger partial charge < -0.3 is 15.4 Å². The molecular formula is C24H24FN3O4S. The van der Waals surface area contributed by atoms with E-state index in [4.69, 9.17) is 4.74 Å². The lowest BCUT2D eigenvalue weighted by molar-refractivity contribution is -0.126. The normalized spacial score (nSPS) is 14.5. The molecule has 0 saturated heterocycles. The van der Waals surface area contributed by atoms with E-state index in [0.717, 1.165) is 31.0 Å². The summed E-state index contributed by atoms with van der Waals surface area (Å²) in [6.07, 6.45) is 3.94. The van der Waals surface area contributed by atoms with E-state index in [2.05, 4.69) is 16.7 Å². The van der Waals surface area contributed by atoms with Gasteiger partial charge in [0.1, 0.15) is 11.4 Å². The number of anilines is 1. The van der Waals surface area contributed by atoms with Gasteiger partial charge in [-0.15, -0.1) is 11.8 Å². The summed E-state index contributed by atoms with van der Waals surface area (Å²) in [4.78, 5) is 37.6. The largest absolute Gasteiger partial charge is 0.452 e. The zero-order valence-corrected chi connectivity index (χ0v) is 18.8. The Morgan fingerprint density at radius 3 is 2.42 bits per heavy atom. The van der Waals surface area contributed by atoms with Gasteiger partial charge in [-0.1, -0.05) is 31.4 Å². The molecule has 0 aromatic heterocycles. The first-order valence-electron chi connectivity index (χ1n) is 10.6. The lowest BCUT2D eigenvalue weighted by Crippen LogP contribution is -2.50. The summed E-state index contributed by atoms with van der Waals surface area (Å²) in [5, 5.41) is 14.8. The van der Waals surface area contributed by atoms with Crippen LogP contribution in [0.3, 0.4) is 0 Å². The maximum absolute atomic E-state index is 13.0. The molecular weight excluding hydrogens is 445 g/mol. The Hall–Kier alpha value is -3.38. The van der Waals surface area contributed by atoms with Crippen LogP contribution in [0.1, 0.15) is 42.5 Å². The zero-order valence-electron chi connectivity index (χ0n) is 17.9. The molecule has 3 rings (SSSR count). The Kier molecular flexibility index (Phi) is 8.44. The fourth-order valence-electron chi connectivity index (χ4n) is 3.57. The molecule has 1 fully saturated rings. The molecule has 2 N–H and O–H groups in total. The number of nitrogens with zero attached hydrogens (tertiary/aromatic N) is 1. The van der Waals surface area contributed by atoms with Crippen LogP contribution in [0.5, 0.6) is 0 Å². The van der Waals surface area contributed by atoms with Gasteiger partial charge >= 0.3 is 5.97 Å². The number of esters is 1. The van der Waals surface area contributed by atoms with Crippen molar-refractivity contribution < 1.29 is 23.5 Å². The predicted octanol–water partition coefficient (Wildman–Crippen LogP) is 4.06. The molecule has 0 heterocycles. The number of hydrogen-bond donors (Lipinski definition) is 2. The summed E-state index contributed by atoms with van der Waals surface area (Å²) in [6, 6.07) is 14.2. The van der Waals surface area contributed by atoms with E-state index >= 15 is 0 Å². The van der Waals surface area contributed by atoms with Crippen LogP contribution in [-0.2, 0) is 14.3 Å². The van der Waals surface area contributed by atoms with E-state index in [1.165, 1.54) is 24.3 Å². The van der Waals surface area contributed by atoms with Gasteiger partial charge in [0.25, 0.3) is 5.91 Å². The zero-order chi connectivity index (χ0) is 23.7. The number of rotatable bonds is 8. The first-order chi connectivity index (χ1) is 15.9. The summed E-state index contributed by atoms with van der Waals surface area (Å²) in [5.41, 5.74) is -0.195. The maximum atomic E-state index is 13.0. The van der Waals surface area contributed by atoms with Crippen molar-refractivity contribution in [3.63, 3.8) is 0 Å². The van der Waals surface area contributed by atoms with Crippen LogP contribution in [0.15, 0.2) is 53.4 Å². The van der Waals surface area contributed by atoms with Crippen LogP contribution in [0.2, 0.25) is 0 Å². The number of nitrogens with one attached hydrogen (secondary N) is 2. The van der Waals surface area contributed by atoms with Crippen LogP contribution < -0.4 is 10.6 Å². The highest BCUT2D eigenvalue weighted by atomic mass is 32.2. The molecule has 0 bridgehead atoms. The first kappa shape index (κ1) is 24.3. The molecule has 172 valence electrons. The highest BCUT2D eigenvalue weighted by molar-refractivity contribution is 8.00. The third-order valence-electron chi connectivity index (χ3n) is 5.23. The predicted molar refractivity (Wildman–Crippen MR) is 122 cm³/mol. The monoisotopic (exact) mass is 469 g/mol. The summed E-state index contributed by atoms with van der Waals surface area (Å²) >= 11 is 1.14. The van der Waals surface area contributed by atoms with E-state index in [0.29, 0.717) is 23.4 Å². The van der Waals surface area contributed by atoms with Gasteiger partial charge in [0.05, 0.1) is 17.4 Å². The van der Waals surface area contributed by atoms with E-state index in [-0.39, 0.29) is 17.2 Å². The van der Waals surface area contributed by atoms with Gasteiger partial charge in [-0.25, -0.2) is 9.18 Å². The van der Waals surface area contributed by atoms with Crippen molar-refractivity contribution in [1.29, 1.82) is 5.26 Å². The van der Waals surface area contributed by atoms with E-state index < -0.39 is 29.8 Å². The molecule has 0 aliphatic heterocycles. The molecule has 0 atom stereocenters. The number of thioether (sulfide) groups is 1. The molecule has 1 aliphatic rings. The smallest absolute Gasteiger partial charge is 0.339 e. The van der Waals surface area contributed by atoms with Gasteiger partial charge in [0.2, 0.25) is 5.91 Å². The van der Waals surface area contributed by atoms with Gasteiger partial charge in [0.15, 0.2) is 6.61 Å². The van der Waals surface area contributed by atoms with Gasteiger partial charge in [-0.05, 0) is 49.2 Å². The second-order valence-electron chi connectivity index (χ2n) is 7.72. The fourth-order valence-corrected chi connectivity index (χ4v) is 4.41. The van der Waals surface area contributed by atoms with E-state index in [1.54, 1.807) is 24.3 Å². The Balaban J connectivity index is 1.52. The standard InChI is InChI=1S/C24H24FN3O4S/c25-17-8-10-18(11-9-17)27-22(30)15-33-20-7-3-2-6-19(20)23(31)32-14-21(29)28-24(16-26)12-4-1-5-13-24/h2-3,6-11H,1,4-5,12-15H2,(H,27,30)(H,28,29). The average Bonchev–Trinajstić information content (AvgIpc) is 2.83. The summed E-state index contributed by atoms with van der Waals surface area (Å²) in [5.74, 6) is -1.90. The van der Waals surface area contributed by atoms with Crippen LogP contribution in [-0.4, -0.2) is 35.7 Å². The summed E-state index contributed by atoms with van der Waals surface area (Å²) in [7, 11) is 0. The number of hydrogen-bond acceptors (Lipinski definition) is 6. The lowest BCUT2D eigenvalue weighted by atomic mass is 9.83. The molecule has 0 radical (unpaired) electrons. The van der Waals surface area contributed by atoms with Crippen LogP contribution in [0.4, 0.5) is 10.1 Å². The number of amides is 2. The minimum Gasteiger partial charge on any atom is -0.452 e. The molecule has 0 unspecified atom stereocenters. The second-order valence-corrected chi connectivity index (χ2v) is 8.74. The summed E-state index contributed by atoms with van der Waals surface area (Å²) < 4.78 is 18.1. The number of ether oxygens (including phenoxy) is 1. The number of carbonyl (C=O) groups excluding carboxylic acids is 3. The molecule has 9 heteroatoms. The summed E-state index contributed by atoms with van der Waals surface area (Å²) in [6.45, 7) is -0.494. The van der Waals surface area contributed by atoms with Crippen molar-refractivity contribution in [3.8, 4) is 6.07 Å². The van der Waals surface area contributed by atoms with Crippen molar-refractivity contribution in [1.82, 2.24) is 5.32 Å². The number of carbonyl (C=O) groups is 3. The molecule has 2 aromatic rings. The third kappa shape index (κ3) is 7.05. The number of nitriles is 1. The fraction of sp³-hybridized carbons (Fsp3) is 0.333. The van der Waals surface area contributed by atoms with Crippen molar-refractivity contribution in [3.05, 3.63) is 59.9 Å². The molecule has 2 amide bonds. The first-order valence-corrected chi connectivity index (χ1v) is 11.6. The minimum atomic E-state index is -0.895. The van der Waals surface area contributed by atoms with E-state index in [9.17, 15) is 24.0 Å². The average molecular weight is 470 g/mol. The van der Waals surface area contributed by atoms with Crippen LogP contribution in [0, 0.1) is 17.1 Å². The highest BCUT2D eigenvalue weighted by Gasteiger charge is 2.33. The molecule has 2 aromatic carbocycles. The van der Waals surface area contributed by atoms with Crippen molar-refractivity contribution in [2.45, 2.75) is 42.5 Å². The maximum Gasteiger partial charge on any atom is 0.339 e. The quantitative estimate of drug-likeness (QED) is 0.446. The molecule has 1 saturated carbocycles. The Labute approximate surface area is 195 Å². The number of halogens is 1. The Bertz CT molecular complexity index is 1050. The van der Waals surface area contributed by atoms with E-state index in [1.807, 2.05) is 0 Å². The van der Waals surface area contributed by atoms with Gasteiger partial charge in [0, 0.05) is 10.6 Å². The Morgan fingerprint density at radius 2 is 1.73 bits per heavy atom. The third-order valence-corrected chi connectivity index (χ3v) is 6.30. The minimum absolute atomic E-state index is 0.0207. The number of benzene rings is 2.